The molecule has 0 saturated carbocycles. The van der Waals surface area contributed by atoms with Gasteiger partial charge in [-0.2, -0.15) is 0 Å². The van der Waals surface area contributed by atoms with Crippen LogP contribution in [0.4, 0.5) is 0 Å². The number of hydrogen-bond acceptors (Lipinski definition) is 8. The molecule has 1 aliphatic rings. The number of amidine groups is 1. The summed E-state index contributed by atoms with van der Waals surface area (Å²) in [4.78, 5) is 30.7. The van der Waals surface area contributed by atoms with Crippen LogP contribution in [0.3, 0.4) is 0 Å². The number of H-pyrrole nitrogens is 1. The Morgan fingerprint density at radius 2 is 1.40 bits per heavy atom. The Balaban J connectivity index is 0.00000112. The number of aliphatic imine (C=N–C) groups is 1. The van der Waals surface area contributed by atoms with Gasteiger partial charge in [0.2, 0.25) is 0 Å². The Labute approximate surface area is 225 Å². The number of para-hydroxylation sites is 2. The number of carbonyl (C=O) groups is 2. The summed E-state index contributed by atoms with van der Waals surface area (Å²) in [5.41, 5.74) is 2.15. The van der Waals surface area contributed by atoms with Crippen LogP contribution in [0.25, 0.3) is 11.0 Å². The molecular formula is C25H38N4O4SZn. The Morgan fingerprint density at radius 1 is 0.886 bits per heavy atom. The summed E-state index contributed by atoms with van der Waals surface area (Å²) in [6, 6.07) is 8.21. The van der Waals surface area contributed by atoms with Crippen molar-refractivity contribution in [2.24, 2.45) is 4.99 Å². The number of thioether (sulfide) groups is 1. The second-order valence-electron chi connectivity index (χ2n) is 8.12. The molecule has 3 rings (SSSR count). The molecule has 190 valence electrons. The summed E-state index contributed by atoms with van der Waals surface area (Å²) in [6.07, 6.45) is 13.5. The first-order valence-corrected chi connectivity index (χ1v) is 13.1. The van der Waals surface area contributed by atoms with E-state index in [2.05, 4.69) is 27.4 Å². The van der Waals surface area contributed by atoms with Crippen molar-refractivity contribution in [2.45, 2.75) is 83.8 Å². The summed E-state index contributed by atoms with van der Waals surface area (Å²) < 4.78 is 0. The number of hydrogen-bond donors (Lipinski definition) is 2. The third-order valence-corrected chi connectivity index (χ3v) is 5.87. The van der Waals surface area contributed by atoms with Crippen molar-refractivity contribution in [1.29, 1.82) is 0 Å². The van der Waals surface area contributed by atoms with Gasteiger partial charge in [-0.3, -0.25) is 4.99 Å². The van der Waals surface area contributed by atoms with Crippen molar-refractivity contribution in [2.75, 3.05) is 13.1 Å². The van der Waals surface area contributed by atoms with Crippen molar-refractivity contribution < 1.29 is 39.3 Å². The zero-order valence-corrected chi connectivity index (χ0v) is 24.9. The molecule has 0 unspecified atom stereocenters. The molecule has 0 bridgehead atoms. The van der Waals surface area contributed by atoms with Gasteiger partial charge >= 0.3 is 19.5 Å². The van der Waals surface area contributed by atoms with Gasteiger partial charge in [0, 0.05) is 25.0 Å². The van der Waals surface area contributed by atoms with Crippen molar-refractivity contribution in [3.8, 4) is 0 Å². The van der Waals surface area contributed by atoms with E-state index in [1.54, 1.807) is 11.8 Å². The van der Waals surface area contributed by atoms with Gasteiger partial charge in [0.1, 0.15) is 5.82 Å². The van der Waals surface area contributed by atoms with Crippen LogP contribution in [0.5, 0.6) is 0 Å². The quantitative estimate of drug-likeness (QED) is 0.544. The monoisotopic (exact) mass is 554 g/mol. The number of aromatic amines is 1. The maximum atomic E-state index is 8.89. The van der Waals surface area contributed by atoms with Gasteiger partial charge in [-0.05, 0) is 38.8 Å². The summed E-state index contributed by atoms with van der Waals surface area (Å²) >= 11 is 1.77. The third-order valence-electron chi connectivity index (χ3n) is 4.90. The maximum absolute atomic E-state index is 8.89. The SMILES string of the molecule is CC(=O)[O-].CC(=O)[O-].[Zn+2].c1ccc2[nH]c(CSC3=NCCCCCCCCCCCCN3)nc2c1. The molecule has 2 aromatic rings. The molecule has 0 saturated heterocycles. The minimum Gasteiger partial charge on any atom is -0.550 e. The minimum absolute atomic E-state index is 0. The van der Waals surface area contributed by atoms with Crippen LogP contribution in [0.2, 0.25) is 0 Å². The van der Waals surface area contributed by atoms with Crippen LogP contribution < -0.4 is 15.5 Å². The van der Waals surface area contributed by atoms with Crippen molar-refractivity contribution in [3.05, 3.63) is 30.1 Å². The van der Waals surface area contributed by atoms with E-state index in [0.29, 0.717) is 0 Å². The van der Waals surface area contributed by atoms with E-state index >= 15 is 0 Å². The number of nitrogens with one attached hydrogen (secondary N) is 2. The van der Waals surface area contributed by atoms with E-state index in [0.717, 1.165) is 54.7 Å². The Bertz CT molecular complexity index is 823. The molecule has 10 heteroatoms. The number of benzene rings is 1. The first-order chi connectivity index (χ1) is 16.4. The van der Waals surface area contributed by atoms with E-state index in [1.165, 1.54) is 64.2 Å². The normalized spacial score (nSPS) is 15.2. The molecule has 0 aliphatic carbocycles. The fraction of sp³-hybridized carbons (Fsp3) is 0.600. The molecule has 8 nitrogen and oxygen atoms in total. The van der Waals surface area contributed by atoms with Crippen LogP contribution in [0.1, 0.15) is 83.9 Å². The van der Waals surface area contributed by atoms with Gasteiger partial charge in [-0.1, -0.05) is 75.3 Å². The molecule has 1 aromatic heterocycles. The predicted octanol–water partition coefficient (Wildman–Crippen LogP) is 3.17. The van der Waals surface area contributed by atoms with Gasteiger partial charge in [0.15, 0.2) is 5.17 Å². The molecule has 0 atom stereocenters. The van der Waals surface area contributed by atoms with Crippen LogP contribution in [0, 0.1) is 0 Å². The Kier molecular flexibility index (Phi) is 20.2. The second kappa shape index (κ2) is 21.4. The summed E-state index contributed by atoms with van der Waals surface area (Å²) in [7, 11) is 0. The van der Waals surface area contributed by atoms with Gasteiger partial charge in [-0.25, -0.2) is 4.98 Å². The van der Waals surface area contributed by atoms with E-state index in [9.17, 15) is 0 Å². The molecule has 0 radical (unpaired) electrons. The molecule has 1 aliphatic heterocycles. The number of aliphatic carboxylic acids is 2. The number of rotatable bonds is 2. The van der Waals surface area contributed by atoms with E-state index in [4.69, 9.17) is 24.8 Å². The number of nitrogens with zero attached hydrogens (tertiary/aromatic N) is 2. The summed E-state index contributed by atoms with van der Waals surface area (Å²) in [5.74, 6) is -0.308. The van der Waals surface area contributed by atoms with Gasteiger partial charge in [0.05, 0.1) is 16.8 Å². The van der Waals surface area contributed by atoms with E-state index < -0.39 is 11.9 Å². The standard InChI is InChI=1S/C21H32N4S.2C2H4O2.Zn/c1-2-4-6-8-12-16-23-21(22-15-11-7-5-3-1)26-17-20-24-18-13-9-10-14-19(18)25-20;2*1-2(3)4;/h9-10,13-14H,1-8,11-12,15-17H2,(H,22,23)(H,24,25);2*1H3,(H,3,4);/q;;;+2/p-2. The average Bonchev–Trinajstić information content (AvgIpc) is 3.18. The molecular weight excluding hydrogens is 518 g/mol. The van der Waals surface area contributed by atoms with Crippen molar-refractivity contribution in [1.82, 2.24) is 15.3 Å². The van der Waals surface area contributed by atoms with Gasteiger partial charge < -0.3 is 30.1 Å². The predicted molar refractivity (Wildman–Crippen MR) is 135 cm³/mol. The first kappa shape index (κ1) is 33.1. The van der Waals surface area contributed by atoms with Crippen LogP contribution >= 0.6 is 11.8 Å². The fourth-order valence-electron chi connectivity index (χ4n) is 3.39. The number of carboxylic acid groups (broad SMARTS) is 2. The second-order valence-corrected chi connectivity index (χ2v) is 9.09. The summed E-state index contributed by atoms with van der Waals surface area (Å²) in [6.45, 7) is 3.92. The maximum Gasteiger partial charge on any atom is 2.00 e. The molecule has 0 spiro atoms. The molecule has 0 amide bonds. The zero-order valence-electron chi connectivity index (χ0n) is 21.1. The Hall–Kier alpha value is -1.93. The fourth-order valence-corrected chi connectivity index (χ4v) is 4.19. The number of carboxylic acids is 2. The smallest absolute Gasteiger partial charge is 0.550 e. The van der Waals surface area contributed by atoms with Crippen LogP contribution in [0.15, 0.2) is 29.3 Å². The van der Waals surface area contributed by atoms with E-state index in [1.807, 2.05) is 12.1 Å². The molecule has 0 fully saturated rings. The minimum atomic E-state index is -1.08. The van der Waals surface area contributed by atoms with Gasteiger partial charge in [-0.15, -0.1) is 0 Å². The molecule has 35 heavy (non-hydrogen) atoms. The molecule has 2 N–H and O–H groups in total. The largest absolute Gasteiger partial charge is 2.00 e. The first-order valence-electron chi connectivity index (χ1n) is 12.1. The Morgan fingerprint density at radius 3 is 1.97 bits per heavy atom. The van der Waals surface area contributed by atoms with Crippen LogP contribution in [-0.2, 0) is 34.8 Å². The summed E-state index contributed by atoms with van der Waals surface area (Å²) in [5, 5.41) is 22.4. The number of carbonyl (C=O) groups excluding carboxylic acids is 2. The zero-order chi connectivity index (χ0) is 25.0. The molecule has 2 heterocycles. The van der Waals surface area contributed by atoms with Gasteiger partial charge in [0.25, 0.3) is 0 Å². The number of imidazole rings is 1. The topological polar surface area (TPSA) is 133 Å². The van der Waals surface area contributed by atoms with Crippen molar-refractivity contribution >= 4 is 39.9 Å². The van der Waals surface area contributed by atoms with Crippen LogP contribution in [-0.4, -0.2) is 40.2 Å². The van der Waals surface area contributed by atoms with Crippen molar-refractivity contribution in [3.63, 3.8) is 0 Å². The number of fused-ring (bicyclic) bond motifs is 1. The number of aromatic nitrogens is 2. The average molecular weight is 556 g/mol. The third kappa shape index (κ3) is 19.0. The molecule has 1 aromatic carbocycles. The van der Waals surface area contributed by atoms with E-state index in [-0.39, 0.29) is 19.5 Å².